The molecule has 1 fully saturated rings. The highest BCUT2D eigenvalue weighted by molar-refractivity contribution is 6.06. The normalized spacial score (nSPS) is 29.6. The summed E-state index contributed by atoms with van der Waals surface area (Å²) in [7, 11) is 1.52. The van der Waals surface area contributed by atoms with Gasteiger partial charge in [0.05, 0.1) is 6.61 Å². The van der Waals surface area contributed by atoms with Crippen LogP contribution in [0.2, 0.25) is 0 Å². The third-order valence-corrected chi connectivity index (χ3v) is 5.80. The van der Waals surface area contributed by atoms with E-state index >= 15 is 0 Å². The average Bonchev–Trinajstić information content (AvgIpc) is 2.85. The first-order chi connectivity index (χ1) is 13.1. The smallest absolute Gasteiger partial charge is 0.412 e. The first kappa shape index (κ1) is 20.7. The monoisotopic (exact) mass is 401 g/mol. The summed E-state index contributed by atoms with van der Waals surface area (Å²) in [6.45, 7) is -0.221. The number of nitrogens with two attached hydrogens (primary N) is 1. The first-order valence-electron chi connectivity index (χ1n) is 9.54. The topological polar surface area (TPSA) is 88.2 Å². The molecule has 3 rings (SSSR count). The molecule has 0 bridgehead atoms. The molecule has 1 amide bonds. The number of aliphatic hydroxyl groups is 1. The third kappa shape index (κ3) is 4.19. The molecule has 0 spiro atoms. The van der Waals surface area contributed by atoms with Gasteiger partial charge in [0.15, 0.2) is 11.5 Å². The molecule has 1 saturated carbocycles. The standard InChI is InChI=1S/C19H26F3N3O3/c1-25-16(27)18(24-17(25)23,10-12-5-3-2-4-6-12)11-28-15-9-13(19(20,21)22)7-8-14(15)26/h7-8,12,15,26H,2-6,9-11H2,1H3,(H2,23,24). The van der Waals surface area contributed by atoms with Gasteiger partial charge in [-0.1, -0.05) is 38.2 Å². The van der Waals surface area contributed by atoms with Crippen molar-refractivity contribution < 1.29 is 27.8 Å². The second-order valence-corrected chi connectivity index (χ2v) is 7.86. The van der Waals surface area contributed by atoms with Crippen molar-refractivity contribution in [3.63, 3.8) is 0 Å². The van der Waals surface area contributed by atoms with Crippen LogP contribution in [0.5, 0.6) is 0 Å². The molecule has 6 nitrogen and oxygen atoms in total. The van der Waals surface area contributed by atoms with E-state index in [0.717, 1.165) is 44.3 Å². The maximum absolute atomic E-state index is 13.0. The van der Waals surface area contributed by atoms with Crippen molar-refractivity contribution in [1.82, 2.24) is 4.90 Å². The number of likely N-dealkylation sites (N-methyl/N-ethyl adjacent to an activating group) is 1. The summed E-state index contributed by atoms with van der Waals surface area (Å²) >= 11 is 0. The number of aliphatic hydroxyl groups excluding tert-OH is 1. The zero-order chi connectivity index (χ0) is 20.5. The largest absolute Gasteiger partial charge is 0.510 e. The van der Waals surface area contributed by atoms with Gasteiger partial charge in [-0.05, 0) is 18.4 Å². The summed E-state index contributed by atoms with van der Waals surface area (Å²) in [5, 5.41) is 9.97. The van der Waals surface area contributed by atoms with Gasteiger partial charge in [-0.3, -0.25) is 9.69 Å². The van der Waals surface area contributed by atoms with Crippen molar-refractivity contribution >= 4 is 11.9 Å². The van der Waals surface area contributed by atoms with E-state index in [4.69, 9.17) is 10.5 Å². The molecule has 0 radical (unpaired) electrons. The predicted molar refractivity (Wildman–Crippen MR) is 97.5 cm³/mol. The van der Waals surface area contributed by atoms with Gasteiger partial charge in [0.1, 0.15) is 11.9 Å². The number of rotatable bonds is 5. The quantitative estimate of drug-likeness (QED) is 0.741. The van der Waals surface area contributed by atoms with E-state index in [1.807, 2.05) is 0 Å². The number of allylic oxidation sites excluding steroid dienone is 2. The van der Waals surface area contributed by atoms with Crippen LogP contribution in [-0.4, -0.2) is 53.3 Å². The van der Waals surface area contributed by atoms with Crippen molar-refractivity contribution in [3.05, 3.63) is 23.5 Å². The fraction of sp³-hybridized carbons (Fsp3) is 0.684. The van der Waals surface area contributed by atoms with Crippen LogP contribution in [0.15, 0.2) is 28.5 Å². The highest BCUT2D eigenvalue weighted by Crippen LogP contribution is 2.38. The summed E-state index contributed by atoms with van der Waals surface area (Å²) in [5.41, 5.74) is 3.81. The lowest BCUT2D eigenvalue weighted by Gasteiger charge is -2.33. The molecule has 3 N–H and O–H groups in total. The molecular formula is C19H26F3N3O3. The zero-order valence-corrected chi connectivity index (χ0v) is 15.8. The molecule has 28 heavy (non-hydrogen) atoms. The fourth-order valence-electron chi connectivity index (χ4n) is 4.17. The summed E-state index contributed by atoms with van der Waals surface area (Å²) in [5.74, 6) is -0.257. The SMILES string of the molecule is CN1C(=O)C(COC2CC(C(F)(F)F)=CC=C2O)(CC2CCCCC2)N=C1N. The maximum atomic E-state index is 13.0. The molecule has 0 saturated heterocycles. The van der Waals surface area contributed by atoms with E-state index < -0.39 is 29.8 Å². The average molecular weight is 401 g/mol. The Morgan fingerprint density at radius 3 is 2.57 bits per heavy atom. The van der Waals surface area contributed by atoms with E-state index in [9.17, 15) is 23.1 Å². The van der Waals surface area contributed by atoms with E-state index in [-0.39, 0.29) is 30.2 Å². The number of carbonyl (C=O) groups excluding carboxylic acids is 1. The number of hydrogen-bond acceptors (Lipinski definition) is 5. The molecule has 1 heterocycles. The van der Waals surface area contributed by atoms with E-state index in [2.05, 4.69) is 4.99 Å². The molecule has 9 heteroatoms. The minimum absolute atomic E-state index is 0.0729. The van der Waals surface area contributed by atoms with Gasteiger partial charge in [0, 0.05) is 19.0 Å². The van der Waals surface area contributed by atoms with Crippen molar-refractivity contribution in [2.45, 2.75) is 62.8 Å². The Labute approximate surface area is 161 Å². The van der Waals surface area contributed by atoms with Gasteiger partial charge in [-0.2, -0.15) is 13.2 Å². The van der Waals surface area contributed by atoms with Crippen LogP contribution in [0, 0.1) is 5.92 Å². The Kier molecular flexibility index (Phi) is 5.74. The number of carbonyl (C=O) groups is 1. The minimum Gasteiger partial charge on any atom is -0.510 e. The number of alkyl halides is 3. The molecule has 2 atom stereocenters. The second kappa shape index (κ2) is 7.77. The number of aliphatic imine (C=N–C) groups is 1. The number of hydrogen-bond donors (Lipinski definition) is 2. The molecule has 3 aliphatic rings. The molecule has 0 aromatic heterocycles. The Bertz CT molecular complexity index is 711. The Balaban J connectivity index is 1.75. The van der Waals surface area contributed by atoms with Crippen molar-refractivity contribution in [3.8, 4) is 0 Å². The number of guanidine groups is 1. The highest BCUT2D eigenvalue weighted by Gasteiger charge is 2.49. The predicted octanol–water partition coefficient (Wildman–Crippen LogP) is 3.20. The van der Waals surface area contributed by atoms with Gasteiger partial charge < -0.3 is 15.6 Å². The first-order valence-corrected chi connectivity index (χ1v) is 9.54. The highest BCUT2D eigenvalue weighted by atomic mass is 19.4. The van der Waals surface area contributed by atoms with Crippen LogP contribution in [0.25, 0.3) is 0 Å². The Morgan fingerprint density at radius 1 is 1.32 bits per heavy atom. The van der Waals surface area contributed by atoms with Crippen molar-refractivity contribution in [1.29, 1.82) is 0 Å². The number of ether oxygens (including phenoxy) is 1. The maximum Gasteiger partial charge on any atom is 0.412 e. The Morgan fingerprint density at radius 2 is 2.00 bits per heavy atom. The fourth-order valence-corrected chi connectivity index (χ4v) is 4.17. The van der Waals surface area contributed by atoms with Gasteiger partial charge >= 0.3 is 6.18 Å². The number of nitrogens with zero attached hydrogens (tertiary/aromatic N) is 2. The van der Waals surface area contributed by atoms with Crippen molar-refractivity contribution in [2.75, 3.05) is 13.7 Å². The molecular weight excluding hydrogens is 375 g/mol. The molecule has 0 aromatic carbocycles. The zero-order valence-electron chi connectivity index (χ0n) is 15.8. The second-order valence-electron chi connectivity index (χ2n) is 7.86. The van der Waals surface area contributed by atoms with Gasteiger partial charge in [0.2, 0.25) is 0 Å². The minimum atomic E-state index is -4.50. The summed E-state index contributed by atoms with van der Waals surface area (Å²) in [4.78, 5) is 18.5. The molecule has 156 valence electrons. The van der Waals surface area contributed by atoms with E-state index in [1.54, 1.807) is 0 Å². The number of halogens is 3. The van der Waals surface area contributed by atoms with E-state index in [0.29, 0.717) is 6.42 Å². The summed E-state index contributed by atoms with van der Waals surface area (Å²) in [6.07, 6.45) is 1.38. The lowest BCUT2D eigenvalue weighted by atomic mass is 9.79. The summed E-state index contributed by atoms with van der Waals surface area (Å²) in [6, 6.07) is 0. The third-order valence-electron chi connectivity index (χ3n) is 5.80. The van der Waals surface area contributed by atoms with Crippen molar-refractivity contribution in [2.24, 2.45) is 16.6 Å². The van der Waals surface area contributed by atoms with E-state index in [1.165, 1.54) is 11.9 Å². The van der Waals surface area contributed by atoms with Crippen LogP contribution in [-0.2, 0) is 9.53 Å². The van der Waals surface area contributed by atoms with Crippen LogP contribution in [0.3, 0.4) is 0 Å². The molecule has 2 aliphatic carbocycles. The van der Waals surface area contributed by atoms with Gasteiger partial charge in [0.25, 0.3) is 5.91 Å². The lowest BCUT2D eigenvalue weighted by molar-refractivity contribution is -0.135. The van der Waals surface area contributed by atoms with Crippen LogP contribution in [0.4, 0.5) is 13.2 Å². The molecule has 1 aliphatic heterocycles. The molecule has 2 unspecified atom stereocenters. The number of amides is 1. The van der Waals surface area contributed by atoms with Crippen LogP contribution in [0.1, 0.15) is 44.9 Å². The van der Waals surface area contributed by atoms with Gasteiger partial charge in [-0.15, -0.1) is 0 Å². The van der Waals surface area contributed by atoms with Crippen LogP contribution < -0.4 is 5.73 Å². The molecule has 0 aromatic rings. The lowest BCUT2D eigenvalue weighted by Crippen LogP contribution is -2.47. The van der Waals surface area contributed by atoms with Gasteiger partial charge in [-0.25, -0.2) is 4.99 Å². The summed E-state index contributed by atoms with van der Waals surface area (Å²) < 4.78 is 44.6. The Hall–Kier alpha value is -2.03. The van der Waals surface area contributed by atoms with Crippen LogP contribution >= 0.6 is 0 Å².